The molecule has 3 aliphatic carbocycles. The molecule has 3 saturated carbocycles. The van der Waals surface area contributed by atoms with Gasteiger partial charge in [-0.25, -0.2) is 4.79 Å². The van der Waals surface area contributed by atoms with E-state index >= 15 is 0 Å². The second-order valence-electron chi connectivity index (χ2n) is 11.7. The summed E-state index contributed by atoms with van der Waals surface area (Å²) < 4.78 is 9.81. The Labute approximate surface area is 217 Å². The summed E-state index contributed by atoms with van der Waals surface area (Å²) in [6.07, 6.45) is 6.09. The maximum Gasteiger partial charge on any atom is 0.409 e. The van der Waals surface area contributed by atoms with Crippen molar-refractivity contribution in [3.05, 3.63) is 0 Å². The molecule has 0 radical (unpaired) electrons. The van der Waals surface area contributed by atoms with E-state index in [0.717, 1.165) is 44.9 Å². The molecule has 4 fully saturated rings. The van der Waals surface area contributed by atoms with Crippen molar-refractivity contribution >= 4 is 29.6 Å². The molecular weight excluding hydrogens is 480 g/mol. The monoisotopic (exact) mass is 520 g/mol. The Kier molecular flexibility index (Phi) is 8.11. The molecule has 4 rings (SSSR count). The van der Waals surface area contributed by atoms with Gasteiger partial charge >= 0.3 is 6.09 Å². The molecule has 1 unspecified atom stereocenters. The lowest BCUT2D eigenvalue weighted by atomic mass is 9.83. The number of carbonyl (C=O) groups is 5. The van der Waals surface area contributed by atoms with Crippen LogP contribution >= 0.6 is 0 Å². The lowest BCUT2D eigenvalue weighted by molar-refractivity contribution is -0.144. The second kappa shape index (κ2) is 11.0. The number of rotatable bonds is 11. The van der Waals surface area contributed by atoms with Crippen molar-refractivity contribution in [3.8, 4) is 0 Å². The van der Waals surface area contributed by atoms with Crippen LogP contribution in [0.4, 0.5) is 4.79 Å². The summed E-state index contributed by atoms with van der Waals surface area (Å²) >= 11 is 0. The molecule has 4 amide bonds. The van der Waals surface area contributed by atoms with Crippen LogP contribution in [-0.2, 0) is 28.7 Å². The fourth-order valence-corrected chi connectivity index (χ4v) is 6.47. The smallest absolute Gasteiger partial charge is 0.409 e. The fourth-order valence-electron chi connectivity index (χ4n) is 6.47. The number of ether oxygens (including phenoxy) is 2. The summed E-state index contributed by atoms with van der Waals surface area (Å²) in [6, 6.07) is -2.61. The summed E-state index contributed by atoms with van der Waals surface area (Å²) in [7, 11) is 1.40. The van der Waals surface area contributed by atoms with Crippen LogP contribution in [0.5, 0.6) is 0 Å². The highest BCUT2D eigenvalue weighted by Gasteiger charge is 2.69. The van der Waals surface area contributed by atoms with E-state index in [1.807, 2.05) is 0 Å². The Morgan fingerprint density at radius 1 is 1.03 bits per heavy atom. The third-order valence-electron chi connectivity index (χ3n) is 8.87. The summed E-state index contributed by atoms with van der Waals surface area (Å²) in [5.74, 6) is -2.39. The van der Waals surface area contributed by atoms with E-state index in [-0.39, 0.29) is 41.8 Å². The van der Waals surface area contributed by atoms with Crippen LogP contribution in [0.1, 0.15) is 65.2 Å². The number of likely N-dealkylation sites (tertiary alicyclic amines) is 1. The maximum atomic E-state index is 14.0. The van der Waals surface area contributed by atoms with Crippen molar-refractivity contribution in [3.63, 3.8) is 0 Å². The SMILES string of the molecule is COCOC(=O)N[C@H](C(=O)N1C[C@H]2[C@@H]([C@H]1C(=O)NC(CC1CC1)C(=O)C(N)=O)C2(C)C)C1CCCCC1. The van der Waals surface area contributed by atoms with Crippen LogP contribution < -0.4 is 16.4 Å². The Morgan fingerprint density at radius 3 is 2.30 bits per heavy atom. The van der Waals surface area contributed by atoms with E-state index in [1.165, 1.54) is 7.11 Å². The van der Waals surface area contributed by atoms with E-state index in [2.05, 4.69) is 24.5 Å². The van der Waals surface area contributed by atoms with Gasteiger partial charge < -0.3 is 30.7 Å². The zero-order valence-corrected chi connectivity index (χ0v) is 22.0. The molecule has 1 aliphatic heterocycles. The number of nitrogens with one attached hydrogen (secondary N) is 2. The second-order valence-corrected chi connectivity index (χ2v) is 11.7. The van der Waals surface area contributed by atoms with E-state index in [4.69, 9.17) is 15.2 Å². The maximum absolute atomic E-state index is 14.0. The Hall–Kier alpha value is -2.69. The summed E-state index contributed by atoms with van der Waals surface area (Å²) in [6.45, 7) is 4.30. The Balaban J connectivity index is 1.54. The number of methoxy groups -OCH3 is 1. The van der Waals surface area contributed by atoms with Gasteiger partial charge in [0.15, 0.2) is 6.79 Å². The lowest BCUT2D eigenvalue weighted by Gasteiger charge is -2.37. The van der Waals surface area contributed by atoms with Crippen LogP contribution in [0.3, 0.4) is 0 Å². The van der Waals surface area contributed by atoms with Gasteiger partial charge in [0.25, 0.3) is 5.91 Å². The number of primary amides is 1. The molecule has 0 aromatic rings. The van der Waals surface area contributed by atoms with Crippen molar-refractivity contribution in [2.24, 2.45) is 34.8 Å². The molecule has 37 heavy (non-hydrogen) atoms. The number of nitrogens with two attached hydrogens (primary N) is 1. The number of hydrogen-bond acceptors (Lipinski definition) is 7. The first-order valence-corrected chi connectivity index (χ1v) is 13.4. The van der Waals surface area contributed by atoms with Crippen molar-refractivity contribution in [2.45, 2.75) is 83.3 Å². The van der Waals surface area contributed by atoms with Crippen molar-refractivity contribution in [2.75, 3.05) is 20.4 Å². The van der Waals surface area contributed by atoms with Gasteiger partial charge in [0, 0.05) is 13.7 Å². The standard InChI is InChI=1S/C26H40N4O7/c1-26(2)16-12-30(24(34)19(15-7-5-4-6-8-15)29-25(35)37-13-36-3)20(18(16)26)23(33)28-17(11-14-9-10-14)21(31)22(27)32/h14-20H,4-13H2,1-3H3,(H2,27,32)(H,28,33)(H,29,35)/t16-,17?,18-,19-,20-/m0/s1. The average molecular weight is 521 g/mol. The fraction of sp³-hybridized carbons (Fsp3) is 0.808. The van der Waals surface area contributed by atoms with Gasteiger partial charge in [-0.05, 0) is 48.3 Å². The number of ketones is 1. The molecule has 11 heteroatoms. The number of carbonyl (C=O) groups excluding carboxylic acids is 5. The van der Waals surface area contributed by atoms with Gasteiger partial charge in [0.2, 0.25) is 17.6 Å². The van der Waals surface area contributed by atoms with Crippen molar-refractivity contribution in [1.82, 2.24) is 15.5 Å². The third-order valence-corrected chi connectivity index (χ3v) is 8.87. The number of nitrogens with zero attached hydrogens (tertiary/aromatic N) is 1. The molecule has 4 N–H and O–H groups in total. The highest BCUT2D eigenvalue weighted by atomic mass is 16.7. The lowest BCUT2D eigenvalue weighted by Crippen LogP contribution is -2.59. The van der Waals surface area contributed by atoms with Crippen molar-refractivity contribution < 1.29 is 33.4 Å². The van der Waals surface area contributed by atoms with Crippen LogP contribution in [-0.4, -0.2) is 73.1 Å². The summed E-state index contributed by atoms with van der Waals surface area (Å²) in [5.41, 5.74) is 5.12. The first kappa shape index (κ1) is 27.3. The quantitative estimate of drug-likeness (QED) is 0.272. The van der Waals surface area contributed by atoms with E-state index in [9.17, 15) is 24.0 Å². The minimum atomic E-state index is -1.08. The van der Waals surface area contributed by atoms with Gasteiger partial charge in [-0.1, -0.05) is 46.0 Å². The minimum absolute atomic E-state index is 0.0657. The zero-order chi connectivity index (χ0) is 26.9. The average Bonchev–Trinajstić information content (AvgIpc) is 3.72. The molecule has 5 atom stereocenters. The molecule has 0 aromatic heterocycles. The van der Waals surface area contributed by atoms with Crippen LogP contribution in [0, 0.1) is 29.1 Å². The van der Waals surface area contributed by atoms with Gasteiger partial charge in [0.1, 0.15) is 12.1 Å². The number of hydrogen-bond donors (Lipinski definition) is 3. The first-order valence-electron chi connectivity index (χ1n) is 13.4. The van der Waals surface area contributed by atoms with E-state index in [1.54, 1.807) is 4.90 Å². The third kappa shape index (κ3) is 5.91. The van der Waals surface area contributed by atoms with E-state index in [0.29, 0.717) is 13.0 Å². The molecular formula is C26H40N4O7. The number of Topliss-reactive ketones (excluding diaryl/α,β-unsaturated/α-hetero) is 1. The van der Waals surface area contributed by atoms with Crippen LogP contribution in [0.25, 0.3) is 0 Å². The van der Waals surface area contributed by atoms with Crippen LogP contribution in [0.2, 0.25) is 0 Å². The molecule has 11 nitrogen and oxygen atoms in total. The molecule has 1 saturated heterocycles. The predicted molar refractivity (Wildman–Crippen MR) is 132 cm³/mol. The molecule has 0 aromatic carbocycles. The Bertz CT molecular complexity index is 928. The number of piperidine rings is 1. The molecule has 1 heterocycles. The molecule has 0 spiro atoms. The first-order chi connectivity index (χ1) is 17.6. The highest BCUT2D eigenvalue weighted by Crippen LogP contribution is 2.65. The molecule has 0 bridgehead atoms. The minimum Gasteiger partial charge on any atom is -0.422 e. The van der Waals surface area contributed by atoms with Gasteiger partial charge in [-0.2, -0.15) is 0 Å². The van der Waals surface area contributed by atoms with Gasteiger partial charge in [-0.15, -0.1) is 0 Å². The van der Waals surface area contributed by atoms with Crippen molar-refractivity contribution in [1.29, 1.82) is 0 Å². The van der Waals surface area contributed by atoms with Gasteiger partial charge in [0.05, 0.1) is 6.04 Å². The highest BCUT2D eigenvalue weighted by molar-refractivity contribution is 6.37. The van der Waals surface area contributed by atoms with Crippen LogP contribution in [0.15, 0.2) is 0 Å². The topological polar surface area (TPSA) is 157 Å². The predicted octanol–water partition coefficient (Wildman–Crippen LogP) is 1.09. The Morgan fingerprint density at radius 2 is 1.70 bits per heavy atom. The zero-order valence-electron chi connectivity index (χ0n) is 22.0. The number of alkyl carbamates (subject to hydrolysis) is 1. The normalized spacial score (nSPS) is 28.0. The van der Waals surface area contributed by atoms with Gasteiger partial charge in [-0.3, -0.25) is 19.2 Å². The molecule has 4 aliphatic rings. The largest absolute Gasteiger partial charge is 0.422 e. The summed E-state index contributed by atoms with van der Waals surface area (Å²) in [4.78, 5) is 65.7. The number of fused-ring (bicyclic) bond motifs is 1. The van der Waals surface area contributed by atoms with E-state index < -0.39 is 41.8 Å². The summed E-state index contributed by atoms with van der Waals surface area (Å²) in [5, 5.41) is 5.50. The molecule has 206 valence electrons. The number of amides is 4.